The molecular formula is C22H32IN5O3. The number of anilines is 1. The first-order chi connectivity index (χ1) is 14.3. The van der Waals surface area contributed by atoms with Crippen molar-refractivity contribution in [3.8, 4) is 5.88 Å². The highest BCUT2D eigenvalue weighted by atomic mass is 127. The van der Waals surface area contributed by atoms with Gasteiger partial charge < -0.3 is 20.1 Å². The number of hydrogen-bond donors (Lipinski definition) is 3. The Hall–Kier alpha value is -2.56. The van der Waals surface area contributed by atoms with Gasteiger partial charge in [-0.05, 0) is 51.0 Å². The molecule has 0 aliphatic heterocycles. The van der Waals surface area contributed by atoms with Crippen LogP contribution in [0.3, 0.4) is 0 Å². The Balaban J connectivity index is 0.00000480. The molecule has 2 rings (SSSR count). The molecular weight excluding hydrogens is 509 g/mol. The number of amides is 1. The lowest BCUT2D eigenvalue weighted by Gasteiger charge is -2.19. The van der Waals surface area contributed by atoms with Crippen molar-refractivity contribution in [2.45, 2.75) is 39.3 Å². The van der Waals surface area contributed by atoms with Crippen LogP contribution in [0.2, 0.25) is 0 Å². The van der Waals surface area contributed by atoms with Gasteiger partial charge in [0.1, 0.15) is 5.60 Å². The second-order valence-corrected chi connectivity index (χ2v) is 7.60. The highest BCUT2D eigenvalue weighted by Gasteiger charge is 2.16. The number of ether oxygens (including phenoxy) is 2. The summed E-state index contributed by atoms with van der Waals surface area (Å²) in [6.07, 6.45) is 0.350. The summed E-state index contributed by atoms with van der Waals surface area (Å²) in [5.74, 6) is 1.28. The lowest BCUT2D eigenvalue weighted by molar-refractivity contribution is 0.0636. The van der Waals surface area contributed by atoms with Gasteiger partial charge in [0.15, 0.2) is 5.96 Å². The number of benzene rings is 1. The molecule has 0 bridgehead atoms. The number of aliphatic imine (C=N–C) groups is 1. The van der Waals surface area contributed by atoms with Gasteiger partial charge in [0.25, 0.3) is 0 Å². The monoisotopic (exact) mass is 541 g/mol. The molecule has 1 aromatic carbocycles. The third-order valence-electron chi connectivity index (χ3n) is 3.96. The third kappa shape index (κ3) is 10.3. The van der Waals surface area contributed by atoms with E-state index in [9.17, 15) is 4.79 Å². The fourth-order valence-corrected chi connectivity index (χ4v) is 2.57. The number of aromatic nitrogens is 1. The van der Waals surface area contributed by atoms with Crippen LogP contribution in [0.1, 0.15) is 32.0 Å². The summed E-state index contributed by atoms with van der Waals surface area (Å²) in [6, 6.07) is 13.3. The molecule has 1 heterocycles. The molecule has 0 aliphatic rings. The van der Waals surface area contributed by atoms with E-state index in [0.717, 1.165) is 17.7 Å². The minimum Gasteiger partial charge on any atom is -0.481 e. The van der Waals surface area contributed by atoms with Gasteiger partial charge in [-0.15, -0.1) is 24.0 Å². The quantitative estimate of drug-likeness (QED) is 0.279. The fourth-order valence-electron chi connectivity index (χ4n) is 2.57. The van der Waals surface area contributed by atoms with Crippen molar-refractivity contribution in [1.29, 1.82) is 0 Å². The summed E-state index contributed by atoms with van der Waals surface area (Å²) in [7, 11) is 3.33. The maximum Gasteiger partial charge on any atom is 0.412 e. The predicted octanol–water partition coefficient (Wildman–Crippen LogP) is 3.96. The standard InChI is InChI=1S/C22H31N5O3.HI/c1-22(2,3)30-21(28)27-17-11-9-16(10-12-17)13-14-24-20(23-4)25-15-18-7-6-8-19(26-18)29-5;/h6-12H,13-15H2,1-5H3,(H,27,28)(H2,23,24,25);1H. The lowest BCUT2D eigenvalue weighted by Crippen LogP contribution is -2.38. The first kappa shape index (κ1) is 26.5. The molecule has 8 nitrogen and oxygen atoms in total. The summed E-state index contributed by atoms with van der Waals surface area (Å²) in [4.78, 5) is 20.4. The van der Waals surface area contributed by atoms with Crippen LogP contribution in [0.25, 0.3) is 0 Å². The number of hydrogen-bond acceptors (Lipinski definition) is 5. The van der Waals surface area contributed by atoms with Gasteiger partial charge in [-0.3, -0.25) is 10.3 Å². The van der Waals surface area contributed by atoms with E-state index in [-0.39, 0.29) is 24.0 Å². The molecule has 0 saturated carbocycles. The zero-order valence-electron chi connectivity index (χ0n) is 18.7. The number of carbonyl (C=O) groups is 1. The van der Waals surface area contributed by atoms with Gasteiger partial charge >= 0.3 is 6.09 Å². The van der Waals surface area contributed by atoms with Crippen molar-refractivity contribution >= 4 is 41.7 Å². The molecule has 9 heteroatoms. The molecule has 0 spiro atoms. The number of nitrogens with one attached hydrogen (secondary N) is 3. The summed E-state index contributed by atoms with van der Waals surface area (Å²) in [5, 5.41) is 9.24. The molecule has 3 N–H and O–H groups in total. The number of carbonyl (C=O) groups excluding carboxylic acids is 1. The molecule has 0 saturated heterocycles. The van der Waals surface area contributed by atoms with Gasteiger partial charge in [0, 0.05) is 25.3 Å². The molecule has 0 radical (unpaired) electrons. The van der Waals surface area contributed by atoms with E-state index in [4.69, 9.17) is 9.47 Å². The minimum absolute atomic E-state index is 0. The first-order valence-electron chi connectivity index (χ1n) is 9.82. The maximum atomic E-state index is 11.8. The molecule has 0 fully saturated rings. The molecule has 1 aromatic heterocycles. The van der Waals surface area contributed by atoms with Crippen LogP contribution in [0.4, 0.5) is 10.5 Å². The van der Waals surface area contributed by atoms with Gasteiger partial charge in [0.05, 0.1) is 19.3 Å². The van der Waals surface area contributed by atoms with E-state index >= 15 is 0 Å². The van der Waals surface area contributed by atoms with E-state index in [1.807, 2.05) is 63.2 Å². The Morgan fingerprint density at radius 2 is 1.81 bits per heavy atom. The number of guanidine groups is 1. The second-order valence-electron chi connectivity index (χ2n) is 7.60. The molecule has 1 amide bonds. The van der Waals surface area contributed by atoms with Gasteiger partial charge in [-0.1, -0.05) is 18.2 Å². The zero-order valence-corrected chi connectivity index (χ0v) is 21.0. The Bertz CT molecular complexity index is 851. The number of pyridine rings is 1. The zero-order chi connectivity index (χ0) is 22.0. The van der Waals surface area contributed by atoms with E-state index in [0.29, 0.717) is 30.6 Å². The average molecular weight is 541 g/mol. The van der Waals surface area contributed by atoms with E-state index < -0.39 is 11.7 Å². The van der Waals surface area contributed by atoms with Crippen LogP contribution in [0, 0.1) is 0 Å². The van der Waals surface area contributed by atoms with Crippen molar-refractivity contribution in [3.63, 3.8) is 0 Å². The molecule has 0 aliphatic carbocycles. The number of methoxy groups -OCH3 is 1. The molecule has 0 atom stereocenters. The van der Waals surface area contributed by atoms with Crippen molar-refractivity contribution in [1.82, 2.24) is 15.6 Å². The Morgan fingerprint density at radius 1 is 1.10 bits per heavy atom. The highest BCUT2D eigenvalue weighted by molar-refractivity contribution is 14.0. The van der Waals surface area contributed by atoms with Gasteiger partial charge in [0.2, 0.25) is 5.88 Å². The van der Waals surface area contributed by atoms with E-state index in [1.54, 1.807) is 14.2 Å². The Morgan fingerprint density at radius 3 is 2.42 bits per heavy atom. The van der Waals surface area contributed by atoms with Gasteiger partial charge in [-0.25, -0.2) is 9.78 Å². The van der Waals surface area contributed by atoms with E-state index in [1.165, 1.54) is 0 Å². The molecule has 31 heavy (non-hydrogen) atoms. The third-order valence-corrected chi connectivity index (χ3v) is 3.96. The minimum atomic E-state index is -0.523. The normalized spacial score (nSPS) is 11.2. The number of nitrogens with zero attached hydrogens (tertiary/aromatic N) is 2. The van der Waals surface area contributed by atoms with Crippen LogP contribution in [0.5, 0.6) is 5.88 Å². The van der Waals surface area contributed by atoms with Crippen LogP contribution >= 0.6 is 24.0 Å². The highest BCUT2D eigenvalue weighted by Crippen LogP contribution is 2.13. The first-order valence-corrected chi connectivity index (χ1v) is 9.82. The number of rotatable bonds is 7. The average Bonchev–Trinajstić information content (AvgIpc) is 2.70. The van der Waals surface area contributed by atoms with Crippen LogP contribution < -0.4 is 20.7 Å². The van der Waals surface area contributed by atoms with Crippen molar-refractivity contribution in [2.75, 3.05) is 26.0 Å². The maximum absolute atomic E-state index is 11.8. The summed E-state index contributed by atoms with van der Waals surface area (Å²) < 4.78 is 10.4. The SMILES string of the molecule is CN=C(NCCc1ccc(NC(=O)OC(C)(C)C)cc1)NCc1cccc(OC)n1.I. The lowest BCUT2D eigenvalue weighted by atomic mass is 10.1. The second kappa shape index (κ2) is 13.0. The number of halogens is 1. The summed E-state index contributed by atoms with van der Waals surface area (Å²) in [5.41, 5.74) is 2.18. The Labute approximate surface area is 201 Å². The van der Waals surface area contributed by atoms with Crippen LogP contribution in [-0.2, 0) is 17.7 Å². The largest absolute Gasteiger partial charge is 0.481 e. The Kier molecular flexibility index (Phi) is 11.1. The fraction of sp³-hybridized carbons (Fsp3) is 0.409. The van der Waals surface area contributed by atoms with E-state index in [2.05, 4.69) is 25.9 Å². The van der Waals surface area contributed by atoms with Crippen molar-refractivity contribution in [3.05, 3.63) is 53.7 Å². The summed E-state index contributed by atoms with van der Waals surface area (Å²) in [6.45, 7) is 6.75. The van der Waals surface area contributed by atoms with Gasteiger partial charge in [-0.2, -0.15) is 0 Å². The summed E-state index contributed by atoms with van der Waals surface area (Å²) >= 11 is 0. The topological polar surface area (TPSA) is 96.9 Å². The van der Waals surface area contributed by atoms with Crippen LogP contribution in [-0.4, -0.2) is 43.3 Å². The smallest absolute Gasteiger partial charge is 0.412 e. The molecule has 0 unspecified atom stereocenters. The van der Waals surface area contributed by atoms with Crippen molar-refractivity contribution < 1.29 is 14.3 Å². The predicted molar refractivity (Wildman–Crippen MR) is 134 cm³/mol. The molecule has 2 aromatic rings. The molecule has 170 valence electrons. The van der Waals surface area contributed by atoms with Crippen molar-refractivity contribution in [2.24, 2.45) is 4.99 Å². The van der Waals surface area contributed by atoms with Crippen LogP contribution in [0.15, 0.2) is 47.5 Å².